The smallest absolute Gasteiger partial charge is 0.227 e. The number of benzene rings is 1. The predicted molar refractivity (Wildman–Crippen MR) is 74.6 cm³/mol. The number of aryl methyl sites for hydroxylation is 2. The zero-order valence-corrected chi connectivity index (χ0v) is 11.7. The molecule has 0 aromatic heterocycles. The molecule has 0 radical (unpaired) electrons. The lowest BCUT2D eigenvalue weighted by atomic mass is 9.98. The zero-order valence-electron chi connectivity index (χ0n) is 11.7. The Kier molecular flexibility index (Phi) is 4.05. The molecule has 1 atom stereocenters. The third-order valence-electron chi connectivity index (χ3n) is 3.86. The maximum absolute atomic E-state index is 12.3. The molecule has 1 aliphatic rings. The third-order valence-corrected chi connectivity index (χ3v) is 3.86. The maximum Gasteiger partial charge on any atom is 0.227 e. The van der Waals surface area contributed by atoms with Crippen molar-refractivity contribution >= 4 is 5.91 Å². The second kappa shape index (κ2) is 5.55. The van der Waals surface area contributed by atoms with Gasteiger partial charge in [-0.15, -0.1) is 0 Å². The summed E-state index contributed by atoms with van der Waals surface area (Å²) in [6, 6.07) is 6.35. The van der Waals surface area contributed by atoms with Crippen molar-refractivity contribution in [2.24, 2.45) is 5.92 Å². The van der Waals surface area contributed by atoms with Crippen LogP contribution in [0.2, 0.25) is 0 Å². The first-order chi connectivity index (χ1) is 8.56. The SMILES string of the molecule is Cc1ccc(C)c(CC(=O)N2CCC[C@H](C)C2)c1. The van der Waals surface area contributed by atoms with Gasteiger partial charge in [0.2, 0.25) is 5.91 Å². The average Bonchev–Trinajstić information content (AvgIpc) is 2.34. The molecule has 1 heterocycles. The van der Waals surface area contributed by atoms with Crippen molar-refractivity contribution in [2.45, 2.75) is 40.0 Å². The molecule has 18 heavy (non-hydrogen) atoms. The van der Waals surface area contributed by atoms with Gasteiger partial charge in [0.25, 0.3) is 0 Å². The lowest BCUT2D eigenvalue weighted by Gasteiger charge is -2.31. The number of piperidine rings is 1. The van der Waals surface area contributed by atoms with Crippen molar-refractivity contribution < 1.29 is 4.79 Å². The fraction of sp³-hybridized carbons (Fsp3) is 0.562. The first-order valence-electron chi connectivity index (χ1n) is 6.90. The van der Waals surface area contributed by atoms with E-state index in [1.807, 2.05) is 4.90 Å². The number of carbonyl (C=O) groups is 1. The molecule has 2 heteroatoms. The van der Waals surface area contributed by atoms with Gasteiger partial charge in [-0.05, 0) is 43.7 Å². The van der Waals surface area contributed by atoms with Gasteiger partial charge < -0.3 is 4.90 Å². The largest absolute Gasteiger partial charge is 0.342 e. The quantitative estimate of drug-likeness (QED) is 0.784. The Labute approximate surface area is 110 Å². The summed E-state index contributed by atoms with van der Waals surface area (Å²) in [5.74, 6) is 0.941. The van der Waals surface area contributed by atoms with E-state index in [0.717, 1.165) is 19.5 Å². The van der Waals surface area contributed by atoms with Crippen LogP contribution in [0, 0.1) is 19.8 Å². The summed E-state index contributed by atoms with van der Waals surface area (Å²) >= 11 is 0. The third kappa shape index (κ3) is 3.12. The van der Waals surface area contributed by atoms with E-state index in [4.69, 9.17) is 0 Å². The molecule has 0 bridgehead atoms. The van der Waals surface area contributed by atoms with Gasteiger partial charge in [-0.2, -0.15) is 0 Å². The molecule has 1 aromatic rings. The monoisotopic (exact) mass is 245 g/mol. The second-order valence-corrected chi connectivity index (χ2v) is 5.69. The minimum Gasteiger partial charge on any atom is -0.342 e. The van der Waals surface area contributed by atoms with Gasteiger partial charge in [-0.3, -0.25) is 4.79 Å². The van der Waals surface area contributed by atoms with Crippen molar-refractivity contribution in [1.29, 1.82) is 0 Å². The Morgan fingerprint density at radius 1 is 1.39 bits per heavy atom. The lowest BCUT2D eigenvalue weighted by Crippen LogP contribution is -2.40. The van der Waals surface area contributed by atoms with E-state index in [2.05, 4.69) is 39.0 Å². The van der Waals surface area contributed by atoms with Crippen LogP contribution in [-0.4, -0.2) is 23.9 Å². The molecule has 1 aromatic carbocycles. The van der Waals surface area contributed by atoms with E-state index in [-0.39, 0.29) is 5.91 Å². The number of hydrogen-bond donors (Lipinski definition) is 0. The van der Waals surface area contributed by atoms with Crippen molar-refractivity contribution in [3.05, 3.63) is 34.9 Å². The van der Waals surface area contributed by atoms with Crippen LogP contribution >= 0.6 is 0 Å². The minimum atomic E-state index is 0.287. The summed E-state index contributed by atoms with van der Waals surface area (Å²) in [5.41, 5.74) is 3.63. The summed E-state index contributed by atoms with van der Waals surface area (Å²) < 4.78 is 0. The molecule has 1 amide bonds. The van der Waals surface area contributed by atoms with Gasteiger partial charge in [0, 0.05) is 13.1 Å². The number of amides is 1. The van der Waals surface area contributed by atoms with Gasteiger partial charge in [-0.1, -0.05) is 30.7 Å². The van der Waals surface area contributed by atoms with Crippen LogP contribution in [0.1, 0.15) is 36.5 Å². The van der Waals surface area contributed by atoms with E-state index >= 15 is 0 Å². The highest BCUT2D eigenvalue weighted by molar-refractivity contribution is 5.79. The van der Waals surface area contributed by atoms with Gasteiger partial charge >= 0.3 is 0 Å². The van der Waals surface area contributed by atoms with Crippen molar-refractivity contribution in [3.63, 3.8) is 0 Å². The Morgan fingerprint density at radius 3 is 2.89 bits per heavy atom. The van der Waals surface area contributed by atoms with Gasteiger partial charge in [0.1, 0.15) is 0 Å². The summed E-state index contributed by atoms with van der Waals surface area (Å²) in [5, 5.41) is 0. The van der Waals surface area contributed by atoms with Gasteiger partial charge in [0.15, 0.2) is 0 Å². The van der Waals surface area contributed by atoms with Crippen molar-refractivity contribution in [2.75, 3.05) is 13.1 Å². The van der Waals surface area contributed by atoms with Crippen LogP contribution in [0.4, 0.5) is 0 Å². The topological polar surface area (TPSA) is 20.3 Å². The predicted octanol–water partition coefficient (Wildman–Crippen LogP) is 3.10. The van der Waals surface area contributed by atoms with Crippen LogP contribution in [0.3, 0.4) is 0 Å². The van der Waals surface area contributed by atoms with Crippen LogP contribution in [0.5, 0.6) is 0 Å². The molecule has 2 rings (SSSR count). The van der Waals surface area contributed by atoms with Crippen molar-refractivity contribution in [1.82, 2.24) is 4.90 Å². The molecule has 0 aliphatic carbocycles. The standard InChI is InChI=1S/C16H23NO/c1-12-6-7-14(3)15(9-12)10-16(18)17-8-4-5-13(2)11-17/h6-7,9,13H,4-5,8,10-11H2,1-3H3/t13-/m0/s1. The van der Waals surface area contributed by atoms with E-state index in [9.17, 15) is 4.79 Å². The first-order valence-corrected chi connectivity index (χ1v) is 6.90. The highest BCUT2D eigenvalue weighted by Gasteiger charge is 2.21. The van der Waals surface area contributed by atoms with Gasteiger partial charge in [-0.25, -0.2) is 0 Å². The molecular weight excluding hydrogens is 222 g/mol. The number of hydrogen-bond acceptors (Lipinski definition) is 1. The molecule has 1 fully saturated rings. The Morgan fingerprint density at radius 2 is 2.17 bits per heavy atom. The summed E-state index contributed by atoms with van der Waals surface area (Å²) in [6.07, 6.45) is 2.97. The average molecular weight is 245 g/mol. The van der Waals surface area contributed by atoms with Crippen LogP contribution in [-0.2, 0) is 11.2 Å². The number of rotatable bonds is 2. The molecule has 0 N–H and O–H groups in total. The van der Waals surface area contributed by atoms with Crippen molar-refractivity contribution in [3.8, 4) is 0 Å². The number of carbonyl (C=O) groups excluding carboxylic acids is 1. The van der Waals surface area contributed by atoms with E-state index in [0.29, 0.717) is 12.3 Å². The molecule has 2 nitrogen and oxygen atoms in total. The molecular formula is C16H23NO. The highest BCUT2D eigenvalue weighted by Crippen LogP contribution is 2.18. The molecule has 1 aliphatic heterocycles. The van der Waals surface area contributed by atoms with Gasteiger partial charge in [0.05, 0.1) is 6.42 Å². The number of likely N-dealkylation sites (tertiary alicyclic amines) is 1. The first kappa shape index (κ1) is 13.1. The Hall–Kier alpha value is -1.31. The normalized spacial score (nSPS) is 19.9. The molecule has 1 saturated heterocycles. The molecule has 98 valence electrons. The van der Waals surface area contributed by atoms with Crippen LogP contribution in [0.25, 0.3) is 0 Å². The fourth-order valence-electron chi connectivity index (χ4n) is 2.68. The molecule has 0 spiro atoms. The summed E-state index contributed by atoms with van der Waals surface area (Å²) in [7, 11) is 0. The van der Waals surface area contributed by atoms with E-state index < -0.39 is 0 Å². The number of nitrogens with zero attached hydrogens (tertiary/aromatic N) is 1. The second-order valence-electron chi connectivity index (χ2n) is 5.69. The fourth-order valence-corrected chi connectivity index (χ4v) is 2.68. The highest BCUT2D eigenvalue weighted by atomic mass is 16.2. The Bertz CT molecular complexity index is 439. The van der Waals surface area contributed by atoms with E-state index in [1.54, 1.807) is 0 Å². The molecule has 0 unspecified atom stereocenters. The summed E-state index contributed by atoms with van der Waals surface area (Å²) in [4.78, 5) is 14.3. The zero-order chi connectivity index (χ0) is 13.1. The van der Waals surface area contributed by atoms with Crippen LogP contribution < -0.4 is 0 Å². The Balaban J connectivity index is 2.04. The minimum absolute atomic E-state index is 0.287. The lowest BCUT2D eigenvalue weighted by molar-refractivity contribution is -0.132. The summed E-state index contributed by atoms with van der Waals surface area (Å²) in [6.45, 7) is 8.27. The van der Waals surface area contributed by atoms with E-state index in [1.165, 1.54) is 23.1 Å². The van der Waals surface area contributed by atoms with Crippen LogP contribution in [0.15, 0.2) is 18.2 Å². The molecule has 0 saturated carbocycles. The maximum atomic E-state index is 12.3.